The highest BCUT2D eigenvalue weighted by molar-refractivity contribution is 5.87. The number of aromatic nitrogens is 4. The van der Waals surface area contributed by atoms with E-state index in [1.807, 2.05) is 6.92 Å². The molecule has 82 valence electrons. The Bertz CT molecular complexity index is 586. The third-order valence-corrected chi connectivity index (χ3v) is 2.32. The van der Waals surface area contributed by atoms with E-state index in [0.29, 0.717) is 11.2 Å². The number of pyridine rings is 1. The first-order valence-corrected chi connectivity index (χ1v) is 4.65. The van der Waals surface area contributed by atoms with Crippen molar-refractivity contribution in [1.29, 1.82) is 0 Å². The van der Waals surface area contributed by atoms with E-state index in [1.54, 1.807) is 17.9 Å². The molecule has 0 aliphatic heterocycles. The number of hydrogen-bond donors (Lipinski definition) is 1. The molecule has 2 aromatic heterocycles. The standard InChI is InChI=1S/C10H10N4O2/c1-6-7(3-4-8(15)16)5-11-10-9(6)12-13-14(10)2/h3-5H,1-2H3,(H,15,16)/b4-3+. The van der Waals surface area contributed by atoms with Crippen molar-refractivity contribution in [3.63, 3.8) is 0 Å². The molecule has 2 aromatic rings. The van der Waals surface area contributed by atoms with Gasteiger partial charge in [-0.25, -0.2) is 14.5 Å². The van der Waals surface area contributed by atoms with Crippen molar-refractivity contribution in [1.82, 2.24) is 20.0 Å². The summed E-state index contributed by atoms with van der Waals surface area (Å²) in [6.45, 7) is 1.86. The van der Waals surface area contributed by atoms with E-state index in [2.05, 4.69) is 15.3 Å². The topological polar surface area (TPSA) is 80.9 Å². The summed E-state index contributed by atoms with van der Waals surface area (Å²) in [6, 6.07) is 0. The maximum atomic E-state index is 10.4. The highest BCUT2D eigenvalue weighted by atomic mass is 16.4. The minimum Gasteiger partial charge on any atom is -0.478 e. The third kappa shape index (κ3) is 1.65. The van der Waals surface area contributed by atoms with Crippen LogP contribution in [0.5, 0.6) is 0 Å². The van der Waals surface area contributed by atoms with Crippen molar-refractivity contribution in [3.05, 3.63) is 23.4 Å². The van der Waals surface area contributed by atoms with E-state index in [9.17, 15) is 4.79 Å². The molecule has 0 saturated carbocycles. The van der Waals surface area contributed by atoms with E-state index < -0.39 is 5.97 Å². The lowest BCUT2D eigenvalue weighted by Gasteiger charge is -1.99. The molecule has 2 heterocycles. The first-order valence-electron chi connectivity index (χ1n) is 4.65. The van der Waals surface area contributed by atoms with Gasteiger partial charge in [-0.05, 0) is 24.1 Å². The average molecular weight is 218 g/mol. The molecule has 0 bridgehead atoms. The zero-order valence-corrected chi connectivity index (χ0v) is 8.88. The number of aryl methyl sites for hydroxylation is 2. The second kappa shape index (κ2) is 3.73. The molecule has 6 nitrogen and oxygen atoms in total. The van der Waals surface area contributed by atoms with Crippen LogP contribution >= 0.6 is 0 Å². The summed E-state index contributed by atoms with van der Waals surface area (Å²) in [4.78, 5) is 14.6. The molecule has 0 unspecified atom stereocenters. The van der Waals surface area contributed by atoms with Gasteiger partial charge in [0.15, 0.2) is 5.65 Å². The molecule has 16 heavy (non-hydrogen) atoms. The van der Waals surface area contributed by atoms with Crippen LogP contribution in [0.4, 0.5) is 0 Å². The Morgan fingerprint density at radius 3 is 3.00 bits per heavy atom. The SMILES string of the molecule is Cc1c(/C=C/C(=O)O)cnc2c1nnn2C. The van der Waals surface area contributed by atoms with E-state index in [1.165, 1.54) is 6.08 Å². The zero-order valence-electron chi connectivity index (χ0n) is 8.88. The fourth-order valence-electron chi connectivity index (χ4n) is 1.43. The molecule has 0 spiro atoms. The van der Waals surface area contributed by atoms with Crippen molar-refractivity contribution < 1.29 is 9.90 Å². The van der Waals surface area contributed by atoms with Crippen LogP contribution in [-0.4, -0.2) is 31.1 Å². The fourth-order valence-corrected chi connectivity index (χ4v) is 1.43. The number of aliphatic carboxylic acids is 1. The molecule has 0 fully saturated rings. The van der Waals surface area contributed by atoms with Gasteiger partial charge in [-0.1, -0.05) is 5.21 Å². The van der Waals surface area contributed by atoms with Crippen LogP contribution in [0, 0.1) is 6.92 Å². The monoisotopic (exact) mass is 218 g/mol. The number of nitrogens with zero attached hydrogens (tertiary/aromatic N) is 4. The van der Waals surface area contributed by atoms with E-state index in [0.717, 1.165) is 17.2 Å². The minimum absolute atomic E-state index is 0.685. The van der Waals surface area contributed by atoms with Crippen LogP contribution in [0.15, 0.2) is 12.3 Å². The van der Waals surface area contributed by atoms with Gasteiger partial charge >= 0.3 is 5.97 Å². The number of carboxylic acids is 1. The van der Waals surface area contributed by atoms with Gasteiger partial charge in [0.25, 0.3) is 0 Å². The van der Waals surface area contributed by atoms with E-state index in [4.69, 9.17) is 5.11 Å². The summed E-state index contributed by atoms with van der Waals surface area (Å²) in [7, 11) is 1.76. The highest BCUT2D eigenvalue weighted by Gasteiger charge is 2.08. The number of carbonyl (C=O) groups is 1. The lowest BCUT2D eigenvalue weighted by Crippen LogP contribution is -1.93. The molecule has 0 aromatic carbocycles. The Balaban J connectivity index is 2.57. The Kier molecular flexibility index (Phi) is 2.40. The van der Waals surface area contributed by atoms with Crippen LogP contribution in [0.1, 0.15) is 11.1 Å². The Hall–Kier alpha value is -2.24. The summed E-state index contributed by atoms with van der Waals surface area (Å²) in [6.07, 6.45) is 4.19. The normalized spacial score (nSPS) is 11.4. The molecular formula is C10H10N4O2. The molecular weight excluding hydrogens is 208 g/mol. The van der Waals surface area contributed by atoms with Crippen LogP contribution in [0.3, 0.4) is 0 Å². The summed E-state index contributed by atoms with van der Waals surface area (Å²) in [5.74, 6) is -0.987. The van der Waals surface area contributed by atoms with Gasteiger partial charge in [0.05, 0.1) is 0 Å². The molecule has 0 amide bonds. The van der Waals surface area contributed by atoms with Crippen molar-refractivity contribution in [2.75, 3.05) is 0 Å². The molecule has 0 radical (unpaired) electrons. The number of hydrogen-bond acceptors (Lipinski definition) is 4. The Labute approximate surface area is 91.2 Å². The quantitative estimate of drug-likeness (QED) is 0.753. The van der Waals surface area contributed by atoms with Crippen LogP contribution in [0.2, 0.25) is 0 Å². The first-order chi connectivity index (χ1) is 7.59. The van der Waals surface area contributed by atoms with Crippen molar-refractivity contribution in [2.45, 2.75) is 6.92 Å². The summed E-state index contributed by atoms with van der Waals surface area (Å²) < 4.78 is 1.58. The second-order valence-electron chi connectivity index (χ2n) is 3.40. The van der Waals surface area contributed by atoms with Gasteiger partial charge < -0.3 is 5.11 Å². The van der Waals surface area contributed by atoms with Crippen LogP contribution < -0.4 is 0 Å². The number of fused-ring (bicyclic) bond motifs is 1. The van der Waals surface area contributed by atoms with E-state index in [-0.39, 0.29) is 0 Å². The summed E-state index contributed by atoms with van der Waals surface area (Å²) >= 11 is 0. The second-order valence-corrected chi connectivity index (χ2v) is 3.40. The summed E-state index contributed by atoms with van der Waals surface area (Å²) in [5.41, 5.74) is 2.98. The molecule has 0 atom stereocenters. The van der Waals surface area contributed by atoms with Crippen LogP contribution in [0.25, 0.3) is 17.2 Å². The smallest absolute Gasteiger partial charge is 0.328 e. The van der Waals surface area contributed by atoms with Gasteiger partial charge in [-0.3, -0.25) is 0 Å². The lowest BCUT2D eigenvalue weighted by atomic mass is 10.1. The lowest BCUT2D eigenvalue weighted by molar-refractivity contribution is -0.131. The Morgan fingerprint density at radius 1 is 1.56 bits per heavy atom. The average Bonchev–Trinajstić information content (AvgIpc) is 2.60. The number of carboxylic acid groups (broad SMARTS) is 1. The third-order valence-electron chi connectivity index (χ3n) is 2.32. The van der Waals surface area contributed by atoms with Crippen molar-refractivity contribution in [2.24, 2.45) is 7.05 Å². The molecule has 6 heteroatoms. The molecule has 0 saturated heterocycles. The zero-order chi connectivity index (χ0) is 11.7. The maximum Gasteiger partial charge on any atom is 0.328 e. The van der Waals surface area contributed by atoms with Gasteiger partial charge in [0, 0.05) is 19.3 Å². The predicted octanol–water partition coefficient (Wildman–Crippen LogP) is 0.770. The van der Waals surface area contributed by atoms with Gasteiger partial charge in [-0.15, -0.1) is 5.10 Å². The number of rotatable bonds is 2. The molecule has 0 aliphatic carbocycles. The molecule has 0 aliphatic rings. The maximum absolute atomic E-state index is 10.4. The largest absolute Gasteiger partial charge is 0.478 e. The van der Waals surface area contributed by atoms with E-state index >= 15 is 0 Å². The van der Waals surface area contributed by atoms with Gasteiger partial charge in [0.2, 0.25) is 0 Å². The minimum atomic E-state index is -0.987. The predicted molar refractivity (Wildman–Crippen MR) is 57.7 cm³/mol. The summed E-state index contributed by atoms with van der Waals surface area (Å²) in [5, 5.41) is 16.4. The van der Waals surface area contributed by atoms with Crippen LogP contribution in [-0.2, 0) is 11.8 Å². The highest BCUT2D eigenvalue weighted by Crippen LogP contribution is 2.17. The fraction of sp³-hybridized carbons (Fsp3) is 0.200. The molecule has 1 N–H and O–H groups in total. The van der Waals surface area contributed by atoms with Gasteiger partial charge in [-0.2, -0.15) is 0 Å². The van der Waals surface area contributed by atoms with Crippen molar-refractivity contribution >= 4 is 23.2 Å². The molecule has 2 rings (SSSR count). The first kappa shape index (κ1) is 10.3. The van der Waals surface area contributed by atoms with Gasteiger partial charge in [0.1, 0.15) is 5.52 Å². The van der Waals surface area contributed by atoms with Crippen molar-refractivity contribution in [3.8, 4) is 0 Å². The Morgan fingerprint density at radius 2 is 2.31 bits per heavy atom.